The van der Waals surface area contributed by atoms with Crippen molar-refractivity contribution in [1.29, 1.82) is 0 Å². The maximum absolute atomic E-state index is 2.42. The van der Waals surface area contributed by atoms with E-state index in [1.807, 2.05) is 0 Å². The number of hydrogen-bond acceptors (Lipinski definition) is 0. The Bertz CT molecular complexity index is 175. The molecule has 2 unspecified atom stereocenters. The fourth-order valence-electron chi connectivity index (χ4n) is 4.63. The Kier molecular flexibility index (Phi) is 2.15. The molecule has 0 bridgehead atoms. The van der Waals surface area contributed by atoms with Crippen LogP contribution in [0.2, 0.25) is 0 Å². The molecule has 2 atom stereocenters. The summed E-state index contributed by atoms with van der Waals surface area (Å²) >= 11 is 0. The molecule has 0 aliphatic heterocycles. The maximum Gasteiger partial charge on any atom is -0.0144 e. The molecule has 0 N–H and O–H groups in total. The molecule has 0 aromatic carbocycles. The first kappa shape index (κ1) is 11.1. The Balaban J connectivity index is 3.09. The third-order valence-electron chi connectivity index (χ3n) is 4.56. The van der Waals surface area contributed by atoms with Crippen molar-refractivity contribution in [3.8, 4) is 0 Å². The van der Waals surface area contributed by atoms with E-state index in [2.05, 4.69) is 55.4 Å². The lowest BCUT2D eigenvalue weighted by atomic mass is 9.61. The highest BCUT2D eigenvalue weighted by atomic mass is 14.7. The van der Waals surface area contributed by atoms with Gasteiger partial charge in [0.25, 0.3) is 0 Å². The van der Waals surface area contributed by atoms with E-state index in [0.29, 0.717) is 16.2 Å². The van der Waals surface area contributed by atoms with Gasteiger partial charge in [0.15, 0.2) is 0 Å². The van der Waals surface area contributed by atoms with E-state index in [1.54, 1.807) is 0 Å². The van der Waals surface area contributed by atoms with Crippen molar-refractivity contribution >= 4 is 0 Å². The van der Waals surface area contributed by atoms with Crippen LogP contribution in [0.25, 0.3) is 0 Å². The van der Waals surface area contributed by atoms with Crippen molar-refractivity contribution in [1.82, 2.24) is 0 Å². The molecular formula is C13H26. The van der Waals surface area contributed by atoms with Gasteiger partial charge in [0.1, 0.15) is 0 Å². The fourth-order valence-corrected chi connectivity index (χ4v) is 4.63. The van der Waals surface area contributed by atoms with E-state index in [4.69, 9.17) is 0 Å². The van der Waals surface area contributed by atoms with E-state index in [0.717, 1.165) is 11.8 Å². The Hall–Kier alpha value is 0. The van der Waals surface area contributed by atoms with Crippen LogP contribution in [0.4, 0.5) is 0 Å². The normalized spacial score (nSPS) is 33.2. The van der Waals surface area contributed by atoms with Crippen molar-refractivity contribution < 1.29 is 0 Å². The van der Waals surface area contributed by atoms with Crippen molar-refractivity contribution in [3.05, 3.63) is 0 Å². The molecular weight excluding hydrogens is 156 g/mol. The predicted octanol–water partition coefficient (Wildman–Crippen LogP) is 4.35. The van der Waals surface area contributed by atoms with Gasteiger partial charge in [-0.3, -0.25) is 0 Å². The quantitative estimate of drug-likeness (QED) is 0.522. The molecule has 1 fully saturated rings. The molecule has 0 nitrogen and oxygen atoms in total. The van der Waals surface area contributed by atoms with Gasteiger partial charge in [-0.05, 0) is 28.1 Å². The topological polar surface area (TPSA) is 0 Å². The second kappa shape index (κ2) is 2.52. The smallest absolute Gasteiger partial charge is 0.0144 e. The van der Waals surface area contributed by atoms with Crippen molar-refractivity contribution in [3.63, 3.8) is 0 Å². The summed E-state index contributed by atoms with van der Waals surface area (Å²) in [6.45, 7) is 19.2. The summed E-state index contributed by atoms with van der Waals surface area (Å²) in [6.07, 6.45) is 0. The zero-order valence-electron chi connectivity index (χ0n) is 10.7. The van der Waals surface area contributed by atoms with E-state index < -0.39 is 0 Å². The Morgan fingerprint density at radius 2 is 0.923 bits per heavy atom. The van der Waals surface area contributed by atoms with Crippen molar-refractivity contribution in [2.75, 3.05) is 0 Å². The fraction of sp³-hybridized carbons (Fsp3) is 1.00. The van der Waals surface area contributed by atoms with Gasteiger partial charge in [-0.1, -0.05) is 55.4 Å². The first-order valence-electron chi connectivity index (χ1n) is 5.57. The van der Waals surface area contributed by atoms with Crippen LogP contribution in [0, 0.1) is 28.1 Å². The molecule has 0 radical (unpaired) electrons. The summed E-state index contributed by atoms with van der Waals surface area (Å²) in [6, 6.07) is 0. The minimum atomic E-state index is 0.435. The third-order valence-corrected chi connectivity index (χ3v) is 4.56. The lowest BCUT2D eigenvalue weighted by Gasteiger charge is -2.43. The Morgan fingerprint density at radius 1 is 0.692 bits per heavy atom. The first-order valence-corrected chi connectivity index (χ1v) is 5.57. The van der Waals surface area contributed by atoms with Crippen LogP contribution in [0.1, 0.15) is 55.4 Å². The molecule has 0 saturated heterocycles. The summed E-state index contributed by atoms with van der Waals surface area (Å²) in [7, 11) is 0. The maximum atomic E-state index is 2.42. The molecule has 1 rings (SSSR count). The van der Waals surface area contributed by atoms with Gasteiger partial charge in [-0.15, -0.1) is 0 Å². The molecule has 1 aliphatic carbocycles. The largest absolute Gasteiger partial charge is 0.0617 e. The van der Waals surface area contributed by atoms with Crippen LogP contribution in [0.5, 0.6) is 0 Å². The minimum Gasteiger partial charge on any atom is -0.0617 e. The molecule has 1 aliphatic rings. The molecule has 1 saturated carbocycles. The highest BCUT2D eigenvalue weighted by Gasteiger charge is 2.69. The molecule has 0 heteroatoms. The van der Waals surface area contributed by atoms with Gasteiger partial charge in [0.05, 0.1) is 0 Å². The Labute approximate surface area is 84.1 Å². The van der Waals surface area contributed by atoms with Gasteiger partial charge < -0.3 is 0 Å². The van der Waals surface area contributed by atoms with Crippen LogP contribution in [-0.4, -0.2) is 0 Å². The first-order chi connectivity index (χ1) is 5.57. The average molecular weight is 182 g/mol. The van der Waals surface area contributed by atoms with Crippen LogP contribution in [-0.2, 0) is 0 Å². The zero-order chi connectivity index (χ0) is 10.7. The zero-order valence-corrected chi connectivity index (χ0v) is 10.7. The van der Waals surface area contributed by atoms with Crippen LogP contribution >= 0.6 is 0 Å². The van der Waals surface area contributed by atoms with Gasteiger partial charge in [-0.25, -0.2) is 0 Å². The van der Waals surface area contributed by atoms with E-state index >= 15 is 0 Å². The SMILES string of the molecule is CC1C(C)C1(C(C)(C)C)C(C)(C)C. The van der Waals surface area contributed by atoms with Crippen LogP contribution < -0.4 is 0 Å². The molecule has 0 spiro atoms. The van der Waals surface area contributed by atoms with Gasteiger partial charge in [0.2, 0.25) is 0 Å². The molecule has 0 aromatic heterocycles. The molecule has 0 aromatic rings. The lowest BCUT2D eigenvalue weighted by Crippen LogP contribution is -2.37. The monoisotopic (exact) mass is 182 g/mol. The van der Waals surface area contributed by atoms with E-state index in [1.165, 1.54) is 0 Å². The summed E-state index contributed by atoms with van der Waals surface area (Å²) < 4.78 is 0. The average Bonchev–Trinajstić information content (AvgIpc) is 2.32. The molecule has 0 amide bonds. The molecule has 0 heterocycles. The van der Waals surface area contributed by atoms with Gasteiger partial charge >= 0.3 is 0 Å². The summed E-state index contributed by atoms with van der Waals surface area (Å²) in [5.41, 5.74) is 1.41. The van der Waals surface area contributed by atoms with E-state index in [9.17, 15) is 0 Å². The molecule has 78 valence electrons. The second-order valence-electron chi connectivity index (χ2n) is 6.95. The van der Waals surface area contributed by atoms with Crippen LogP contribution in [0.3, 0.4) is 0 Å². The van der Waals surface area contributed by atoms with Gasteiger partial charge in [0, 0.05) is 0 Å². The minimum absolute atomic E-state index is 0.435. The van der Waals surface area contributed by atoms with E-state index in [-0.39, 0.29) is 0 Å². The second-order valence-corrected chi connectivity index (χ2v) is 6.95. The standard InChI is InChI=1S/C13H26/c1-9-10(2)13(9,11(3,4)5)12(6,7)8/h9-10H,1-8H3. The summed E-state index contributed by atoms with van der Waals surface area (Å²) in [5, 5.41) is 0. The van der Waals surface area contributed by atoms with Crippen molar-refractivity contribution in [2.45, 2.75) is 55.4 Å². The number of hydrogen-bond donors (Lipinski definition) is 0. The van der Waals surface area contributed by atoms with Gasteiger partial charge in [-0.2, -0.15) is 0 Å². The predicted molar refractivity (Wildman–Crippen MR) is 59.7 cm³/mol. The molecule has 13 heavy (non-hydrogen) atoms. The lowest BCUT2D eigenvalue weighted by molar-refractivity contribution is 0.0478. The third kappa shape index (κ3) is 1.17. The van der Waals surface area contributed by atoms with Crippen LogP contribution in [0.15, 0.2) is 0 Å². The highest BCUT2D eigenvalue weighted by molar-refractivity contribution is 5.17. The summed E-state index contributed by atoms with van der Waals surface area (Å²) in [4.78, 5) is 0. The van der Waals surface area contributed by atoms with Crippen molar-refractivity contribution in [2.24, 2.45) is 28.1 Å². The summed E-state index contributed by atoms with van der Waals surface area (Å²) in [5.74, 6) is 1.76. The number of rotatable bonds is 0. The Morgan fingerprint density at radius 3 is 0.923 bits per heavy atom. The highest BCUT2D eigenvalue weighted by Crippen LogP contribution is 2.75.